The summed E-state index contributed by atoms with van der Waals surface area (Å²) >= 11 is 0. The maximum absolute atomic E-state index is 5.48. The van der Waals surface area contributed by atoms with Gasteiger partial charge in [-0.1, -0.05) is 58.3 Å². The third-order valence-corrected chi connectivity index (χ3v) is 2.63. The molecule has 0 fully saturated rings. The summed E-state index contributed by atoms with van der Waals surface area (Å²) in [4.78, 5) is 0. The normalized spacial score (nSPS) is 13.0. The van der Waals surface area contributed by atoms with E-state index in [-0.39, 0.29) is 6.23 Å². The Hall–Kier alpha value is -0.0800. The first-order chi connectivity index (χ1) is 7.27. The Morgan fingerprint density at radius 3 is 1.80 bits per heavy atom. The third-order valence-electron chi connectivity index (χ3n) is 2.63. The molecule has 0 saturated heterocycles. The van der Waals surface area contributed by atoms with Crippen molar-refractivity contribution in [2.45, 2.75) is 77.9 Å². The Bertz CT molecular complexity index is 115. The minimum atomic E-state index is -0.0981. The number of nitrogens with two attached hydrogens (primary N) is 1. The monoisotopic (exact) mass is 215 g/mol. The molecule has 0 bridgehead atoms. The molecule has 0 amide bonds. The summed E-state index contributed by atoms with van der Waals surface area (Å²) in [7, 11) is 0. The molecule has 0 aliphatic rings. The lowest BCUT2D eigenvalue weighted by atomic mass is 10.1. The molecule has 1 unspecified atom stereocenters. The smallest absolute Gasteiger partial charge is 0.102 e. The highest BCUT2D eigenvalue weighted by Crippen LogP contribution is 2.09. The molecule has 0 aromatic carbocycles. The molecule has 92 valence electrons. The highest BCUT2D eigenvalue weighted by molar-refractivity contribution is 4.46. The lowest BCUT2D eigenvalue weighted by molar-refractivity contribution is 0.0676. The van der Waals surface area contributed by atoms with Gasteiger partial charge in [-0.05, 0) is 13.3 Å². The van der Waals surface area contributed by atoms with Crippen LogP contribution in [0.4, 0.5) is 0 Å². The molecule has 0 aromatic rings. The quantitative estimate of drug-likeness (QED) is 0.420. The molecule has 15 heavy (non-hydrogen) atoms. The van der Waals surface area contributed by atoms with Crippen molar-refractivity contribution in [2.24, 2.45) is 5.73 Å². The van der Waals surface area contributed by atoms with Gasteiger partial charge < -0.3 is 10.5 Å². The molecule has 2 N–H and O–H groups in total. The minimum Gasteiger partial charge on any atom is -0.364 e. The van der Waals surface area contributed by atoms with Crippen LogP contribution in [0, 0.1) is 0 Å². The summed E-state index contributed by atoms with van der Waals surface area (Å²) in [6.45, 7) is 4.97. The largest absolute Gasteiger partial charge is 0.364 e. The predicted octanol–water partition coefficient (Wildman–Crippen LogP) is 3.84. The van der Waals surface area contributed by atoms with Crippen LogP contribution in [0.5, 0.6) is 0 Å². The van der Waals surface area contributed by atoms with Crippen molar-refractivity contribution in [1.82, 2.24) is 0 Å². The third kappa shape index (κ3) is 13.9. The van der Waals surface area contributed by atoms with Crippen molar-refractivity contribution in [3.63, 3.8) is 0 Å². The molecule has 0 aliphatic carbocycles. The summed E-state index contributed by atoms with van der Waals surface area (Å²) in [5, 5.41) is 0. The molecule has 2 nitrogen and oxygen atoms in total. The Morgan fingerprint density at radius 1 is 0.867 bits per heavy atom. The first-order valence-electron chi connectivity index (χ1n) is 6.64. The molecule has 0 aliphatic heterocycles. The van der Waals surface area contributed by atoms with E-state index in [2.05, 4.69) is 6.92 Å². The zero-order chi connectivity index (χ0) is 11.4. The van der Waals surface area contributed by atoms with E-state index in [0.29, 0.717) is 0 Å². The van der Waals surface area contributed by atoms with Gasteiger partial charge in [0.2, 0.25) is 0 Å². The van der Waals surface area contributed by atoms with Crippen LogP contribution in [0.15, 0.2) is 0 Å². The SMILES string of the molecule is CCCCCCCCCCCOC(C)N. The number of unbranched alkanes of at least 4 members (excludes halogenated alkanes) is 8. The molecule has 0 aromatic heterocycles. The Kier molecular flexibility index (Phi) is 11.9. The molecule has 2 heteroatoms. The number of hydrogen-bond acceptors (Lipinski definition) is 2. The van der Waals surface area contributed by atoms with Gasteiger partial charge in [-0.15, -0.1) is 0 Å². The van der Waals surface area contributed by atoms with E-state index in [4.69, 9.17) is 10.5 Å². The summed E-state index contributed by atoms with van der Waals surface area (Å²) < 4.78 is 5.28. The van der Waals surface area contributed by atoms with Crippen LogP contribution in [0.3, 0.4) is 0 Å². The van der Waals surface area contributed by atoms with E-state index >= 15 is 0 Å². The van der Waals surface area contributed by atoms with Crippen LogP contribution in [-0.2, 0) is 4.74 Å². The van der Waals surface area contributed by atoms with Crippen molar-refractivity contribution in [2.75, 3.05) is 6.61 Å². The van der Waals surface area contributed by atoms with Crippen molar-refractivity contribution >= 4 is 0 Å². The van der Waals surface area contributed by atoms with Gasteiger partial charge in [0.05, 0.1) is 0 Å². The second-order valence-electron chi connectivity index (χ2n) is 4.40. The van der Waals surface area contributed by atoms with Gasteiger partial charge in [0.1, 0.15) is 6.23 Å². The second kappa shape index (κ2) is 12.0. The van der Waals surface area contributed by atoms with E-state index in [1.54, 1.807) is 0 Å². The Balaban J connectivity index is 2.87. The Labute approximate surface area is 95.6 Å². The number of ether oxygens (including phenoxy) is 1. The first kappa shape index (κ1) is 14.9. The fraction of sp³-hybridized carbons (Fsp3) is 1.00. The van der Waals surface area contributed by atoms with Gasteiger partial charge >= 0.3 is 0 Å². The standard InChI is InChI=1S/C13H29NO/c1-3-4-5-6-7-8-9-10-11-12-15-13(2)14/h13H,3-12,14H2,1-2H3. The zero-order valence-electron chi connectivity index (χ0n) is 10.6. The van der Waals surface area contributed by atoms with Crippen molar-refractivity contribution < 1.29 is 4.74 Å². The van der Waals surface area contributed by atoms with Gasteiger partial charge in [0.25, 0.3) is 0 Å². The zero-order valence-corrected chi connectivity index (χ0v) is 10.6. The molecule has 1 atom stereocenters. The predicted molar refractivity (Wildman–Crippen MR) is 66.8 cm³/mol. The van der Waals surface area contributed by atoms with Crippen LogP contribution in [0.2, 0.25) is 0 Å². The van der Waals surface area contributed by atoms with Gasteiger partial charge in [0, 0.05) is 6.61 Å². The average Bonchev–Trinajstić information content (AvgIpc) is 2.20. The number of hydrogen-bond donors (Lipinski definition) is 1. The topological polar surface area (TPSA) is 35.2 Å². The van der Waals surface area contributed by atoms with Crippen molar-refractivity contribution in [3.8, 4) is 0 Å². The maximum atomic E-state index is 5.48. The molecule has 0 saturated carbocycles. The van der Waals surface area contributed by atoms with Gasteiger partial charge in [-0.25, -0.2) is 0 Å². The lowest BCUT2D eigenvalue weighted by Gasteiger charge is -2.06. The molecular formula is C13H29NO. The van der Waals surface area contributed by atoms with Crippen LogP contribution in [0.1, 0.15) is 71.6 Å². The van der Waals surface area contributed by atoms with Crippen molar-refractivity contribution in [1.29, 1.82) is 0 Å². The van der Waals surface area contributed by atoms with E-state index in [9.17, 15) is 0 Å². The van der Waals surface area contributed by atoms with Crippen molar-refractivity contribution in [3.05, 3.63) is 0 Å². The molecule has 0 radical (unpaired) electrons. The summed E-state index contributed by atoms with van der Waals surface area (Å²) in [5.41, 5.74) is 5.48. The van der Waals surface area contributed by atoms with Gasteiger partial charge in [0.15, 0.2) is 0 Å². The van der Waals surface area contributed by atoms with Gasteiger partial charge in [-0.2, -0.15) is 0 Å². The highest BCUT2D eigenvalue weighted by Gasteiger charge is 1.94. The summed E-state index contributed by atoms with van der Waals surface area (Å²) in [6.07, 6.45) is 12.1. The van der Waals surface area contributed by atoms with E-state index in [1.165, 1.54) is 51.4 Å². The van der Waals surface area contributed by atoms with Crippen LogP contribution < -0.4 is 5.73 Å². The second-order valence-corrected chi connectivity index (χ2v) is 4.40. The van der Waals surface area contributed by atoms with Crippen LogP contribution in [0.25, 0.3) is 0 Å². The first-order valence-corrected chi connectivity index (χ1v) is 6.64. The average molecular weight is 215 g/mol. The highest BCUT2D eigenvalue weighted by atomic mass is 16.5. The summed E-state index contributed by atoms with van der Waals surface area (Å²) in [6, 6.07) is 0. The lowest BCUT2D eigenvalue weighted by Crippen LogP contribution is -2.19. The fourth-order valence-corrected chi connectivity index (χ4v) is 1.68. The molecule has 0 rings (SSSR count). The van der Waals surface area contributed by atoms with E-state index in [1.807, 2.05) is 6.92 Å². The molecular weight excluding hydrogens is 186 g/mol. The van der Waals surface area contributed by atoms with E-state index < -0.39 is 0 Å². The van der Waals surface area contributed by atoms with Gasteiger partial charge in [-0.3, -0.25) is 0 Å². The van der Waals surface area contributed by atoms with Crippen LogP contribution in [-0.4, -0.2) is 12.8 Å². The number of rotatable bonds is 11. The van der Waals surface area contributed by atoms with E-state index in [0.717, 1.165) is 13.0 Å². The van der Waals surface area contributed by atoms with Crippen LogP contribution >= 0.6 is 0 Å². The fourth-order valence-electron chi connectivity index (χ4n) is 1.68. The minimum absolute atomic E-state index is 0.0981. The Morgan fingerprint density at radius 2 is 1.33 bits per heavy atom. The molecule has 0 spiro atoms. The maximum Gasteiger partial charge on any atom is 0.102 e. The molecule has 0 heterocycles. The summed E-state index contributed by atoms with van der Waals surface area (Å²) in [5.74, 6) is 0.